The fraction of sp³-hybridized carbons (Fsp3) is 0.944. The van der Waals surface area contributed by atoms with E-state index in [1.165, 1.54) is 25.7 Å². The number of rotatable bonds is 8. The van der Waals surface area contributed by atoms with E-state index in [-0.39, 0.29) is 24.0 Å². The molecule has 2 aliphatic rings. The first-order valence-corrected chi connectivity index (χ1v) is 9.49. The van der Waals surface area contributed by atoms with Gasteiger partial charge in [0.1, 0.15) is 0 Å². The molecule has 1 atom stereocenters. The molecule has 0 amide bonds. The molecule has 2 rings (SSSR count). The van der Waals surface area contributed by atoms with Crippen molar-refractivity contribution in [3.63, 3.8) is 0 Å². The maximum absolute atomic E-state index is 5.78. The van der Waals surface area contributed by atoms with Crippen molar-refractivity contribution in [1.82, 2.24) is 10.6 Å². The molecule has 24 heavy (non-hydrogen) atoms. The van der Waals surface area contributed by atoms with Crippen molar-refractivity contribution < 1.29 is 9.47 Å². The SMILES string of the molecule is CCNC(=NCC1CCC(C)CC1)NCCCOC1CCOC1.I. The summed E-state index contributed by atoms with van der Waals surface area (Å²) in [4.78, 5) is 4.77. The van der Waals surface area contributed by atoms with Crippen molar-refractivity contribution in [2.24, 2.45) is 16.8 Å². The van der Waals surface area contributed by atoms with Gasteiger partial charge in [0.05, 0.1) is 12.7 Å². The van der Waals surface area contributed by atoms with Crippen LogP contribution in [0, 0.1) is 11.8 Å². The Labute approximate surface area is 164 Å². The lowest BCUT2D eigenvalue weighted by molar-refractivity contribution is 0.0420. The highest BCUT2D eigenvalue weighted by atomic mass is 127. The topological polar surface area (TPSA) is 54.9 Å². The van der Waals surface area contributed by atoms with Crippen LogP contribution in [0.2, 0.25) is 0 Å². The molecule has 0 aromatic carbocycles. The van der Waals surface area contributed by atoms with E-state index in [1.807, 2.05) is 0 Å². The van der Waals surface area contributed by atoms with Crippen LogP contribution < -0.4 is 10.6 Å². The Morgan fingerprint density at radius 3 is 2.62 bits per heavy atom. The molecule has 1 heterocycles. The summed E-state index contributed by atoms with van der Waals surface area (Å²) in [5.74, 6) is 2.63. The Balaban J connectivity index is 0.00000288. The van der Waals surface area contributed by atoms with Crippen molar-refractivity contribution in [2.45, 2.75) is 58.5 Å². The molecule has 0 radical (unpaired) electrons. The summed E-state index contributed by atoms with van der Waals surface area (Å²) < 4.78 is 11.1. The Kier molecular flexibility index (Phi) is 12.0. The lowest BCUT2D eigenvalue weighted by atomic mass is 9.83. The second-order valence-electron chi connectivity index (χ2n) is 6.98. The molecule has 0 bridgehead atoms. The van der Waals surface area contributed by atoms with Crippen LogP contribution in [0.5, 0.6) is 0 Å². The first-order valence-electron chi connectivity index (χ1n) is 9.49. The summed E-state index contributed by atoms with van der Waals surface area (Å²) in [6, 6.07) is 0. The molecule has 1 aliphatic carbocycles. The molecule has 1 aliphatic heterocycles. The highest BCUT2D eigenvalue weighted by molar-refractivity contribution is 14.0. The summed E-state index contributed by atoms with van der Waals surface area (Å²) >= 11 is 0. The normalized spacial score (nSPS) is 27.6. The van der Waals surface area contributed by atoms with E-state index < -0.39 is 0 Å². The zero-order valence-corrected chi connectivity index (χ0v) is 17.7. The Bertz CT molecular complexity index is 341. The highest BCUT2D eigenvalue weighted by Crippen LogP contribution is 2.28. The molecular formula is C18H36IN3O2. The van der Waals surface area contributed by atoms with Gasteiger partial charge in [0.2, 0.25) is 0 Å². The zero-order valence-electron chi connectivity index (χ0n) is 15.4. The van der Waals surface area contributed by atoms with Crippen molar-refractivity contribution in [1.29, 1.82) is 0 Å². The minimum absolute atomic E-state index is 0. The molecule has 5 nitrogen and oxygen atoms in total. The number of hydrogen-bond acceptors (Lipinski definition) is 3. The van der Waals surface area contributed by atoms with Crippen LogP contribution in [0.25, 0.3) is 0 Å². The second kappa shape index (κ2) is 13.2. The lowest BCUT2D eigenvalue weighted by Gasteiger charge is -2.25. The number of hydrogen-bond donors (Lipinski definition) is 2. The lowest BCUT2D eigenvalue weighted by Crippen LogP contribution is -2.38. The van der Waals surface area contributed by atoms with Gasteiger partial charge in [-0.15, -0.1) is 24.0 Å². The third-order valence-electron chi connectivity index (χ3n) is 4.84. The molecule has 1 saturated heterocycles. The molecular weight excluding hydrogens is 417 g/mol. The summed E-state index contributed by atoms with van der Waals surface area (Å²) in [7, 11) is 0. The Morgan fingerprint density at radius 1 is 1.17 bits per heavy atom. The van der Waals surface area contributed by atoms with Gasteiger partial charge in [0.25, 0.3) is 0 Å². The van der Waals surface area contributed by atoms with Crippen LogP contribution in [0.3, 0.4) is 0 Å². The maximum Gasteiger partial charge on any atom is 0.191 e. The monoisotopic (exact) mass is 453 g/mol. The van der Waals surface area contributed by atoms with Crippen LogP contribution in [0.4, 0.5) is 0 Å². The van der Waals surface area contributed by atoms with Gasteiger partial charge in [-0.1, -0.05) is 19.8 Å². The van der Waals surface area contributed by atoms with Gasteiger partial charge in [-0.2, -0.15) is 0 Å². The molecule has 0 aromatic rings. The number of ether oxygens (including phenoxy) is 2. The number of halogens is 1. The van der Waals surface area contributed by atoms with Crippen molar-refractivity contribution in [3.05, 3.63) is 0 Å². The third kappa shape index (κ3) is 8.85. The van der Waals surface area contributed by atoms with E-state index in [9.17, 15) is 0 Å². The molecule has 1 saturated carbocycles. The largest absolute Gasteiger partial charge is 0.379 e. The van der Waals surface area contributed by atoms with Gasteiger partial charge in [-0.3, -0.25) is 4.99 Å². The van der Waals surface area contributed by atoms with Crippen LogP contribution in [0.1, 0.15) is 52.4 Å². The van der Waals surface area contributed by atoms with Gasteiger partial charge in [0.15, 0.2) is 5.96 Å². The van der Waals surface area contributed by atoms with Crippen molar-refractivity contribution in [3.8, 4) is 0 Å². The number of guanidine groups is 1. The first-order chi connectivity index (χ1) is 11.3. The minimum Gasteiger partial charge on any atom is -0.379 e. The van der Waals surface area contributed by atoms with E-state index in [2.05, 4.69) is 24.5 Å². The van der Waals surface area contributed by atoms with E-state index in [1.54, 1.807) is 0 Å². The van der Waals surface area contributed by atoms with E-state index >= 15 is 0 Å². The summed E-state index contributed by atoms with van der Waals surface area (Å²) in [5, 5.41) is 6.76. The fourth-order valence-corrected chi connectivity index (χ4v) is 3.25. The van der Waals surface area contributed by atoms with Crippen molar-refractivity contribution in [2.75, 3.05) is 39.5 Å². The molecule has 0 spiro atoms. The summed E-state index contributed by atoms with van der Waals surface area (Å²) in [6.45, 7) is 9.65. The predicted octanol–water partition coefficient (Wildman–Crippen LogP) is 3.18. The minimum atomic E-state index is 0. The molecule has 142 valence electrons. The smallest absolute Gasteiger partial charge is 0.191 e. The Hall–Kier alpha value is -0.0800. The molecule has 1 unspecified atom stereocenters. The van der Waals surface area contributed by atoms with E-state index in [4.69, 9.17) is 14.5 Å². The van der Waals surface area contributed by atoms with Crippen LogP contribution in [-0.2, 0) is 9.47 Å². The van der Waals surface area contributed by atoms with Gasteiger partial charge in [-0.25, -0.2) is 0 Å². The predicted molar refractivity (Wildman–Crippen MR) is 110 cm³/mol. The van der Waals surface area contributed by atoms with Crippen LogP contribution in [0.15, 0.2) is 4.99 Å². The van der Waals surface area contributed by atoms with Gasteiger partial charge >= 0.3 is 0 Å². The van der Waals surface area contributed by atoms with E-state index in [0.29, 0.717) is 6.10 Å². The summed E-state index contributed by atoms with van der Waals surface area (Å²) in [6.07, 6.45) is 7.76. The summed E-state index contributed by atoms with van der Waals surface area (Å²) in [5.41, 5.74) is 0. The van der Waals surface area contributed by atoms with Gasteiger partial charge in [0, 0.05) is 32.8 Å². The van der Waals surface area contributed by atoms with Crippen LogP contribution >= 0.6 is 24.0 Å². The van der Waals surface area contributed by atoms with E-state index in [0.717, 1.165) is 70.1 Å². The van der Waals surface area contributed by atoms with Crippen molar-refractivity contribution >= 4 is 29.9 Å². The molecule has 2 N–H and O–H groups in total. The first kappa shape index (κ1) is 22.0. The number of nitrogens with one attached hydrogen (secondary N) is 2. The fourth-order valence-electron chi connectivity index (χ4n) is 3.25. The molecule has 2 fully saturated rings. The second-order valence-corrected chi connectivity index (χ2v) is 6.98. The zero-order chi connectivity index (χ0) is 16.3. The maximum atomic E-state index is 5.78. The van der Waals surface area contributed by atoms with Gasteiger partial charge < -0.3 is 20.1 Å². The quantitative estimate of drug-likeness (QED) is 0.257. The number of nitrogens with zero attached hydrogens (tertiary/aromatic N) is 1. The Morgan fingerprint density at radius 2 is 1.96 bits per heavy atom. The average Bonchev–Trinajstić information content (AvgIpc) is 3.07. The van der Waals surface area contributed by atoms with Gasteiger partial charge in [-0.05, 0) is 44.4 Å². The van der Waals surface area contributed by atoms with Crippen LogP contribution in [-0.4, -0.2) is 51.5 Å². The standard InChI is InChI=1S/C18H35N3O2.HI/c1-3-19-18(21-13-16-7-5-15(2)6-8-16)20-10-4-11-23-17-9-12-22-14-17;/h15-17H,3-14H2,1-2H3,(H2,19,20,21);1H. The highest BCUT2D eigenvalue weighted by Gasteiger charge is 2.18. The average molecular weight is 453 g/mol. The third-order valence-corrected chi connectivity index (χ3v) is 4.84. The molecule has 6 heteroatoms. The number of aliphatic imine (C=N–C) groups is 1. The molecule has 0 aromatic heterocycles.